The van der Waals surface area contributed by atoms with Crippen molar-refractivity contribution >= 4 is 0 Å². The second-order valence-corrected chi connectivity index (χ2v) is 4.50. The lowest BCUT2D eigenvalue weighted by molar-refractivity contribution is 0.341. The van der Waals surface area contributed by atoms with Crippen LogP contribution in [0.1, 0.15) is 30.5 Å². The molecule has 90 valence electrons. The van der Waals surface area contributed by atoms with Crippen LogP contribution in [-0.4, -0.2) is 48.8 Å². The van der Waals surface area contributed by atoms with Crippen molar-refractivity contribution in [2.24, 2.45) is 0 Å². The Kier molecular flexibility index (Phi) is 3.90. The summed E-state index contributed by atoms with van der Waals surface area (Å²) < 4.78 is 5.32. The van der Waals surface area contributed by atoms with Crippen LogP contribution in [0.2, 0.25) is 0 Å². The maximum absolute atomic E-state index is 5.32. The summed E-state index contributed by atoms with van der Waals surface area (Å²) in [7, 11) is 4.08. The van der Waals surface area contributed by atoms with Gasteiger partial charge in [-0.1, -0.05) is 5.16 Å². The topological polar surface area (TPSA) is 54.2 Å². The molecule has 0 amide bonds. The Labute approximate surface area is 96.2 Å². The van der Waals surface area contributed by atoms with E-state index in [9.17, 15) is 0 Å². The summed E-state index contributed by atoms with van der Waals surface area (Å²) in [6.45, 7) is 3.16. The number of nitrogens with one attached hydrogen (secondary N) is 1. The van der Waals surface area contributed by atoms with Gasteiger partial charge in [-0.15, -0.1) is 0 Å². The molecule has 1 fully saturated rings. The summed E-state index contributed by atoms with van der Waals surface area (Å²) in [5.41, 5.74) is 0. The number of aromatic nitrogens is 2. The van der Waals surface area contributed by atoms with Crippen molar-refractivity contribution in [2.45, 2.75) is 25.2 Å². The monoisotopic (exact) mass is 224 g/mol. The minimum atomic E-state index is 0.440. The number of rotatable bonds is 5. The lowest BCUT2D eigenvalue weighted by atomic mass is 10.1. The smallest absolute Gasteiger partial charge is 0.231 e. The van der Waals surface area contributed by atoms with Gasteiger partial charge in [0.05, 0.1) is 5.92 Å². The number of likely N-dealkylation sites (tertiary alicyclic amines) is 1. The van der Waals surface area contributed by atoms with Gasteiger partial charge in [-0.3, -0.25) is 0 Å². The van der Waals surface area contributed by atoms with Crippen LogP contribution >= 0.6 is 0 Å². The summed E-state index contributed by atoms with van der Waals surface area (Å²) in [6.07, 6.45) is 3.08. The largest absolute Gasteiger partial charge is 0.339 e. The summed E-state index contributed by atoms with van der Waals surface area (Å²) in [5, 5.41) is 7.14. The fourth-order valence-corrected chi connectivity index (χ4v) is 2.09. The van der Waals surface area contributed by atoms with Gasteiger partial charge in [0.15, 0.2) is 5.82 Å². The first-order valence-electron chi connectivity index (χ1n) is 5.95. The van der Waals surface area contributed by atoms with Crippen molar-refractivity contribution in [2.75, 3.05) is 33.7 Å². The van der Waals surface area contributed by atoms with E-state index in [1.807, 2.05) is 7.05 Å². The molecule has 2 heterocycles. The zero-order valence-corrected chi connectivity index (χ0v) is 10.1. The molecule has 16 heavy (non-hydrogen) atoms. The van der Waals surface area contributed by atoms with Gasteiger partial charge in [0.2, 0.25) is 5.89 Å². The Morgan fingerprint density at radius 1 is 1.56 bits per heavy atom. The van der Waals surface area contributed by atoms with Crippen molar-refractivity contribution in [3.8, 4) is 0 Å². The van der Waals surface area contributed by atoms with Crippen molar-refractivity contribution in [1.82, 2.24) is 20.4 Å². The third-order valence-corrected chi connectivity index (χ3v) is 3.05. The normalized spacial score (nSPS) is 21.8. The van der Waals surface area contributed by atoms with Gasteiger partial charge in [-0.2, -0.15) is 4.98 Å². The molecule has 1 saturated heterocycles. The molecule has 1 atom stereocenters. The first kappa shape index (κ1) is 11.5. The van der Waals surface area contributed by atoms with E-state index in [4.69, 9.17) is 4.52 Å². The number of aryl methyl sites for hydroxylation is 1. The highest BCUT2D eigenvalue weighted by molar-refractivity contribution is 4.98. The summed E-state index contributed by atoms with van der Waals surface area (Å²) in [6, 6.07) is 0. The summed E-state index contributed by atoms with van der Waals surface area (Å²) in [5.74, 6) is 2.11. The van der Waals surface area contributed by atoms with Crippen LogP contribution in [0, 0.1) is 0 Å². The summed E-state index contributed by atoms with van der Waals surface area (Å²) >= 11 is 0. The van der Waals surface area contributed by atoms with E-state index in [-0.39, 0.29) is 0 Å². The second kappa shape index (κ2) is 5.41. The van der Waals surface area contributed by atoms with E-state index in [0.717, 1.165) is 50.6 Å². The Morgan fingerprint density at radius 2 is 2.44 bits per heavy atom. The third kappa shape index (κ3) is 2.80. The van der Waals surface area contributed by atoms with Gasteiger partial charge in [-0.25, -0.2) is 0 Å². The van der Waals surface area contributed by atoms with Gasteiger partial charge in [-0.05, 0) is 40.0 Å². The maximum atomic E-state index is 5.32. The van der Waals surface area contributed by atoms with Crippen molar-refractivity contribution in [3.63, 3.8) is 0 Å². The van der Waals surface area contributed by atoms with Crippen LogP contribution < -0.4 is 5.32 Å². The highest BCUT2D eigenvalue weighted by Gasteiger charge is 2.25. The number of nitrogens with zero attached hydrogens (tertiary/aromatic N) is 3. The van der Waals surface area contributed by atoms with E-state index in [0.29, 0.717) is 5.92 Å². The first-order chi connectivity index (χ1) is 7.79. The standard InChI is InChI=1S/C11H20N4O/c1-12-6-3-4-10-13-11(16-14-10)9-5-7-15(2)8-9/h9,12H,3-8H2,1-2H3. The molecule has 0 aliphatic carbocycles. The van der Waals surface area contributed by atoms with E-state index in [1.54, 1.807) is 0 Å². The Hall–Kier alpha value is -0.940. The molecule has 1 unspecified atom stereocenters. The van der Waals surface area contributed by atoms with Gasteiger partial charge in [0.1, 0.15) is 0 Å². The average Bonchev–Trinajstić information content (AvgIpc) is 2.87. The van der Waals surface area contributed by atoms with E-state index >= 15 is 0 Å². The zero-order chi connectivity index (χ0) is 11.4. The van der Waals surface area contributed by atoms with Crippen molar-refractivity contribution in [3.05, 3.63) is 11.7 Å². The van der Waals surface area contributed by atoms with Crippen LogP contribution in [0.25, 0.3) is 0 Å². The minimum Gasteiger partial charge on any atom is -0.339 e. The maximum Gasteiger partial charge on any atom is 0.231 e. The molecule has 5 nitrogen and oxygen atoms in total. The van der Waals surface area contributed by atoms with Gasteiger partial charge < -0.3 is 14.7 Å². The van der Waals surface area contributed by atoms with Crippen LogP contribution in [0.15, 0.2) is 4.52 Å². The van der Waals surface area contributed by atoms with Gasteiger partial charge in [0, 0.05) is 13.0 Å². The Bertz CT molecular complexity index is 326. The molecular weight excluding hydrogens is 204 g/mol. The molecule has 5 heteroatoms. The van der Waals surface area contributed by atoms with E-state index < -0.39 is 0 Å². The minimum absolute atomic E-state index is 0.440. The molecule has 0 spiro atoms. The second-order valence-electron chi connectivity index (χ2n) is 4.50. The average molecular weight is 224 g/mol. The third-order valence-electron chi connectivity index (χ3n) is 3.05. The lowest BCUT2D eigenvalue weighted by Crippen LogP contribution is -2.13. The molecule has 1 aromatic heterocycles. The van der Waals surface area contributed by atoms with Crippen molar-refractivity contribution in [1.29, 1.82) is 0 Å². The highest BCUT2D eigenvalue weighted by Crippen LogP contribution is 2.24. The lowest BCUT2D eigenvalue weighted by Gasteiger charge is -2.05. The van der Waals surface area contributed by atoms with E-state index in [1.165, 1.54) is 0 Å². The summed E-state index contributed by atoms with van der Waals surface area (Å²) in [4.78, 5) is 6.77. The molecular formula is C11H20N4O. The molecule has 0 radical (unpaired) electrons. The van der Waals surface area contributed by atoms with Gasteiger partial charge in [0.25, 0.3) is 0 Å². The molecule has 2 rings (SSSR count). The van der Waals surface area contributed by atoms with Crippen LogP contribution in [-0.2, 0) is 6.42 Å². The molecule has 1 aromatic rings. The first-order valence-corrected chi connectivity index (χ1v) is 5.95. The Morgan fingerprint density at radius 3 is 3.12 bits per heavy atom. The predicted molar refractivity (Wildman–Crippen MR) is 61.4 cm³/mol. The number of hydrogen-bond acceptors (Lipinski definition) is 5. The van der Waals surface area contributed by atoms with Crippen LogP contribution in [0.4, 0.5) is 0 Å². The quantitative estimate of drug-likeness (QED) is 0.744. The highest BCUT2D eigenvalue weighted by atomic mass is 16.5. The molecule has 1 N–H and O–H groups in total. The SMILES string of the molecule is CNCCCc1noc(C2CCN(C)C2)n1. The fraction of sp³-hybridized carbons (Fsp3) is 0.818. The van der Waals surface area contributed by atoms with Crippen molar-refractivity contribution < 1.29 is 4.52 Å². The fourth-order valence-electron chi connectivity index (χ4n) is 2.09. The molecule has 0 bridgehead atoms. The van der Waals surface area contributed by atoms with Gasteiger partial charge >= 0.3 is 0 Å². The van der Waals surface area contributed by atoms with E-state index in [2.05, 4.69) is 27.4 Å². The Balaban J connectivity index is 1.87. The number of likely N-dealkylation sites (N-methyl/N-ethyl adjacent to an activating group) is 1. The molecule has 0 saturated carbocycles. The molecule has 1 aliphatic rings. The number of hydrogen-bond donors (Lipinski definition) is 1. The predicted octanol–water partition coefficient (Wildman–Crippen LogP) is 0.641. The molecule has 1 aliphatic heterocycles. The van der Waals surface area contributed by atoms with Crippen LogP contribution in [0.3, 0.4) is 0 Å². The molecule has 0 aromatic carbocycles. The zero-order valence-electron chi connectivity index (χ0n) is 10.1. The van der Waals surface area contributed by atoms with Crippen LogP contribution in [0.5, 0.6) is 0 Å².